The van der Waals surface area contributed by atoms with Crippen LogP contribution in [0.4, 0.5) is 4.79 Å². The van der Waals surface area contributed by atoms with E-state index in [0.29, 0.717) is 22.8 Å². The first-order valence-electron chi connectivity index (χ1n) is 8.19. The van der Waals surface area contributed by atoms with Crippen molar-refractivity contribution in [3.63, 3.8) is 0 Å². The number of benzene rings is 2. The van der Waals surface area contributed by atoms with Crippen LogP contribution in [0, 0.1) is 0 Å². The molecule has 1 N–H and O–H groups in total. The Morgan fingerprint density at radius 3 is 2.73 bits per heavy atom. The first-order chi connectivity index (χ1) is 12.5. The third kappa shape index (κ3) is 2.44. The van der Waals surface area contributed by atoms with Crippen LogP contribution in [-0.4, -0.2) is 30.7 Å². The molecule has 2 aliphatic rings. The summed E-state index contributed by atoms with van der Waals surface area (Å²) < 4.78 is 16.0. The number of amides is 3. The number of rotatable bonds is 4. The molecule has 0 radical (unpaired) electrons. The van der Waals surface area contributed by atoms with Crippen LogP contribution in [-0.2, 0) is 16.9 Å². The molecule has 1 fully saturated rings. The van der Waals surface area contributed by atoms with Gasteiger partial charge in [-0.2, -0.15) is 0 Å². The van der Waals surface area contributed by atoms with Crippen molar-refractivity contribution in [2.45, 2.75) is 19.0 Å². The van der Waals surface area contributed by atoms with Gasteiger partial charge >= 0.3 is 6.03 Å². The minimum Gasteiger partial charge on any atom is -0.496 e. The molecule has 2 aliphatic heterocycles. The quantitative estimate of drug-likeness (QED) is 0.853. The fraction of sp³-hybridized carbons (Fsp3) is 0.263. The third-order valence-corrected chi connectivity index (χ3v) is 4.75. The maximum absolute atomic E-state index is 13.1. The van der Waals surface area contributed by atoms with Crippen molar-refractivity contribution in [2.24, 2.45) is 0 Å². The van der Waals surface area contributed by atoms with Gasteiger partial charge in [0.25, 0.3) is 5.91 Å². The van der Waals surface area contributed by atoms with E-state index in [1.807, 2.05) is 18.2 Å². The van der Waals surface area contributed by atoms with Crippen molar-refractivity contribution in [3.05, 3.63) is 53.6 Å². The van der Waals surface area contributed by atoms with Gasteiger partial charge in [0.1, 0.15) is 11.3 Å². The average Bonchev–Trinajstić information content (AvgIpc) is 3.20. The van der Waals surface area contributed by atoms with Gasteiger partial charge < -0.3 is 19.5 Å². The number of urea groups is 1. The van der Waals surface area contributed by atoms with Crippen LogP contribution in [0.5, 0.6) is 17.2 Å². The first kappa shape index (κ1) is 16.3. The number of hydrogen-bond donors (Lipinski definition) is 1. The molecular weight excluding hydrogens is 336 g/mol. The Bertz CT molecular complexity index is 897. The molecule has 1 atom stereocenters. The van der Waals surface area contributed by atoms with Crippen LogP contribution in [0.25, 0.3) is 0 Å². The Balaban J connectivity index is 1.64. The van der Waals surface area contributed by atoms with Crippen molar-refractivity contribution in [2.75, 3.05) is 13.9 Å². The van der Waals surface area contributed by atoms with Gasteiger partial charge in [0.05, 0.1) is 13.7 Å². The molecule has 2 heterocycles. The summed E-state index contributed by atoms with van der Waals surface area (Å²) in [6, 6.07) is 12.1. The summed E-state index contributed by atoms with van der Waals surface area (Å²) in [5.41, 5.74) is 0.233. The maximum Gasteiger partial charge on any atom is 0.325 e. The number of hydrogen-bond acceptors (Lipinski definition) is 5. The number of carbonyl (C=O) groups is 2. The summed E-state index contributed by atoms with van der Waals surface area (Å²) in [5, 5.41) is 2.80. The van der Waals surface area contributed by atoms with Gasteiger partial charge in [0.15, 0.2) is 11.5 Å². The van der Waals surface area contributed by atoms with Crippen LogP contribution in [0.2, 0.25) is 0 Å². The minimum absolute atomic E-state index is 0.134. The second-order valence-electron chi connectivity index (χ2n) is 6.33. The van der Waals surface area contributed by atoms with E-state index in [-0.39, 0.29) is 19.2 Å². The fourth-order valence-corrected chi connectivity index (χ4v) is 3.25. The summed E-state index contributed by atoms with van der Waals surface area (Å²) in [6.45, 7) is 1.97. The lowest BCUT2D eigenvalue weighted by atomic mass is 9.91. The highest BCUT2D eigenvalue weighted by molar-refractivity contribution is 6.07. The van der Waals surface area contributed by atoms with Crippen LogP contribution in [0.15, 0.2) is 42.5 Å². The zero-order valence-electron chi connectivity index (χ0n) is 14.4. The number of methoxy groups -OCH3 is 1. The highest BCUT2D eigenvalue weighted by Gasteiger charge is 2.49. The lowest BCUT2D eigenvalue weighted by Gasteiger charge is -2.22. The summed E-state index contributed by atoms with van der Waals surface area (Å²) in [6.07, 6.45) is 0. The van der Waals surface area contributed by atoms with E-state index in [1.165, 1.54) is 4.90 Å². The summed E-state index contributed by atoms with van der Waals surface area (Å²) in [7, 11) is 1.56. The summed E-state index contributed by atoms with van der Waals surface area (Å²) in [5.74, 6) is 1.49. The molecule has 2 aromatic carbocycles. The molecule has 7 heteroatoms. The van der Waals surface area contributed by atoms with E-state index < -0.39 is 11.6 Å². The number of carbonyl (C=O) groups excluding carboxylic acids is 2. The topological polar surface area (TPSA) is 77.1 Å². The van der Waals surface area contributed by atoms with E-state index in [2.05, 4.69) is 5.32 Å². The molecule has 0 spiro atoms. The van der Waals surface area contributed by atoms with Crippen LogP contribution < -0.4 is 19.5 Å². The molecular formula is C19H18N2O5. The van der Waals surface area contributed by atoms with Gasteiger partial charge in [-0.25, -0.2) is 4.79 Å². The Labute approximate surface area is 150 Å². The van der Waals surface area contributed by atoms with E-state index >= 15 is 0 Å². The van der Waals surface area contributed by atoms with Gasteiger partial charge in [-0.15, -0.1) is 0 Å². The van der Waals surface area contributed by atoms with Gasteiger partial charge in [0.2, 0.25) is 6.79 Å². The third-order valence-electron chi connectivity index (χ3n) is 4.75. The highest BCUT2D eigenvalue weighted by atomic mass is 16.7. The van der Waals surface area contributed by atoms with Gasteiger partial charge in [-0.3, -0.25) is 9.69 Å². The molecule has 0 aliphatic carbocycles. The summed E-state index contributed by atoms with van der Waals surface area (Å²) in [4.78, 5) is 26.8. The van der Waals surface area contributed by atoms with E-state index in [0.717, 1.165) is 5.56 Å². The van der Waals surface area contributed by atoms with E-state index in [4.69, 9.17) is 14.2 Å². The van der Waals surface area contributed by atoms with Crippen LogP contribution in [0.3, 0.4) is 0 Å². The van der Waals surface area contributed by atoms with Crippen molar-refractivity contribution in [1.29, 1.82) is 0 Å². The van der Waals surface area contributed by atoms with Crippen molar-refractivity contribution in [3.8, 4) is 17.2 Å². The Hall–Kier alpha value is -3.22. The van der Waals surface area contributed by atoms with Gasteiger partial charge in [-0.05, 0) is 30.7 Å². The SMILES string of the molecule is COc1ccccc1CN1C(=O)N[C@@](C)(c2ccc3c(c2)OCO3)C1=O. The molecule has 26 heavy (non-hydrogen) atoms. The lowest BCUT2D eigenvalue weighted by molar-refractivity contribution is -0.131. The van der Waals surface area contributed by atoms with Crippen molar-refractivity contribution >= 4 is 11.9 Å². The molecule has 1 saturated heterocycles. The average molecular weight is 354 g/mol. The second-order valence-corrected chi connectivity index (χ2v) is 6.33. The second kappa shape index (κ2) is 5.94. The van der Waals surface area contributed by atoms with Crippen molar-refractivity contribution < 1.29 is 23.8 Å². The molecule has 3 amide bonds. The Morgan fingerprint density at radius 1 is 1.15 bits per heavy atom. The number of para-hydroxylation sites is 1. The monoisotopic (exact) mass is 354 g/mol. The van der Waals surface area contributed by atoms with Gasteiger partial charge in [0, 0.05) is 5.56 Å². The number of ether oxygens (including phenoxy) is 3. The number of imide groups is 1. The molecule has 0 bridgehead atoms. The highest BCUT2D eigenvalue weighted by Crippen LogP contribution is 2.38. The molecule has 7 nitrogen and oxygen atoms in total. The van der Waals surface area contributed by atoms with Crippen LogP contribution >= 0.6 is 0 Å². The minimum atomic E-state index is -1.17. The van der Waals surface area contributed by atoms with Gasteiger partial charge in [-0.1, -0.05) is 24.3 Å². The number of nitrogens with one attached hydrogen (secondary N) is 1. The zero-order chi connectivity index (χ0) is 18.3. The smallest absolute Gasteiger partial charge is 0.325 e. The molecule has 0 saturated carbocycles. The predicted molar refractivity (Wildman–Crippen MR) is 92.0 cm³/mol. The fourth-order valence-electron chi connectivity index (χ4n) is 3.25. The number of fused-ring (bicyclic) bond motifs is 1. The molecule has 0 aromatic heterocycles. The molecule has 134 valence electrons. The standard InChI is InChI=1S/C19H18N2O5/c1-19(13-7-8-15-16(9-13)26-11-25-15)17(22)21(18(23)20-19)10-12-5-3-4-6-14(12)24-2/h3-9H,10-11H2,1-2H3,(H,20,23)/t19-/m0/s1. The maximum atomic E-state index is 13.1. The van der Waals surface area contributed by atoms with Crippen molar-refractivity contribution in [1.82, 2.24) is 10.2 Å². The zero-order valence-corrected chi connectivity index (χ0v) is 14.4. The Morgan fingerprint density at radius 2 is 1.92 bits per heavy atom. The lowest BCUT2D eigenvalue weighted by Crippen LogP contribution is -2.40. The van der Waals surface area contributed by atoms with E-state index in [9.17, 15) is 9.59 Å². The first-order valence-corrected chi connectivity index (χ1v) is 8.19. The largest absolute Gasteiger partial charge is 0.496 e. The normalized spacial score (nSPS) is 21.1. The van der Waals surface area contributed by atoms with E-state index in [1.54, 1.807) is 38.3 Å². The predicted octanol–water partition coefficient (Wildman–Crippen LogP) is 2.39. The Kier molecular flexibility index (Phi) is 3.72. The molecule has 4 rings (SSSR count). The molecule has 2 aromatic rings. The summed E-state index contributed by atoms with van der Waals surface area (Å²) >= 11 is 0. The number of nitrogens with zero attached hydrogens (tertiary/aromatic N) is 1. The molecule has 0 unspecified atom stereocenters. The van der Waals surface area contributed by atoms with Crippen LogP contribution in [0.1, 0.15) is 18.1 Å².